The van der Waals surface area contributed by atoms with E-state index in [1.807, 2.05) is 0 Å². The summed E-state index contributed by atoms with van der Waals surface area (Å²) in [6, 6.07) is 13.1. The monoisotopic (exact) mass is 346 g/mol. The van der Waals surface area contributed by atoms with Crippen molar-refractivity contribution in [3.8, 4) is 5.75 Å². The second-order valence-corrected chi connectivity index (χ2v) is 13.5. The molecule has 0 atom stereocenters. The van der Waals surface area contributed by atoms with Gasteiger partial charge in [0.15, 0.2) is 0 Å². The summed E-state index contributed by atoms with van der Waals surface area (Å²) in [7, 11) is -1.88. The lowest BCUT2D eigenvalue weighted by atomic mass is 10.1. The highest BCUT2D eigenvalue weighted by Crippen LogP contribution is 2.43. The van der Waals surface area contributed by atoms with Crippen molar-refractivity contribution in [1.82, 2.24) is 0 Å². The van der Waals surface area contributed by atoms with Crippen molar-refractivity contribution in [2.24, 2.45) is 0 Å². The smallest absolute Gasteiger partial charge is 0.258 e. The molecule has 2 rings (SSSR count). The molecule has 0 bridgehead atoms. The van der Waals surface area contributed by atoms with E-state index in [0.717, 1.165) is 5.75 Å². The third kappa shape index (κ3) is 3.46. The molecule has 2 aromatic rings. The Morgan fingerprint density at radius 2 is 1.48 bits per heavy atom. The molecule has 0 aliphatic rings. The van der Waals surface area contributed by atoms with Gasteiger partial charge in [-0.2, -0.15) is 0 Å². The van der Waals surface area contributed by atoms with Gasteiger partial charge in [-0.3, -0.25) is 0 Å². The van der Waals surface area contributed by atoms with Gasteiger partial charge in [-0.05, 0) is 57.9 Å². The van der Waals surface area contributed by atoms with Crippen molar-refractivity contribution >= 4 is 30.9 Å². The minimum atomic E-state index is -1.88. The molecule has 0 heterocycles. The van der Waals surface area contributed by atoms with Gasteiger partial charge in [-0.1, -0.05) is 53.7 Å². The van der Waals surface area contributed by atoms with Crippen molar-refractivity contribution in [2.75, 3.05) is 6.26 Å². The van der Waals surface area contributed by atoms with Gasteiger partial charge >= 0.3 is 0 Å². The lowest BCUT2D eigenvalue weighted by Crippen LogP contribution is -2.50. The summed E-state index contributed by atoms with van der Waals surface area (Å²) in [5.41, 5.74) is 1.78. The standard InChI is InChI=1S/C20H30OSSi/c1-14(2)23(15(3)4,16(5)6)21-18-11-12-19-17(13-18)9-8-10-20(19)22-7/h8-16H,1-7H3. The number of fused-ring (bicyclic) bond motifs is 1. The number of hydrogen-bond donors (Lipinski definition) is 0. The van der Waals surface area contributed by atoms with E-state index in [1.54, 1.807) is 11.8 Å². The molecule has 0 fully saturated rings. The van der Waals surface area contributed by atoms with Crippen LogP contribution < -0.4 is 4.43 Å². The van der Waals surface area contributed by atoms with E-state index in [9.17, 15) is 0 Å². The predicted octanol–water partition coefficient (Wildman–Crippen LogP) is 7.12. The average molecular weight is 347 g/mol. The zero-order valence-electron chi connectivity index (χ0n) is 15.5. The molecule has 0 spiro atoms. The average Bonchev–Trinajstić information content (AvgIpc) is 2.50. The Balaban J connectivity index is 2.47. The second-order valence-electron chi connectivity index (χ2n) is 7.26. The van der Waals surface area contributed by atoms with Crippen molar-refractivity contribution in [3.63, 3.8) is 0 Å². The van der Waals surface area contributed by atoms with Crippen LogP contribution in [0.2, 0.25) is 16.6 Å². The Hall–Kier alpha value is -0.933. The highest BCUT2D eigenvalue weighted by atomic mass is 32.2. The number of hydrogen-bond acceptors (Lipinski definition) is 2. The molecule has 23 heavy (non-hydrogen) atoms. The summed E-state index contributed by atoms with van der Waals surface area (Å²) in [5.74, 6) is 1.04. The lowest BCUT2D eigenvalue weighted by molar-refractivity contribution is 0.480. The Bertz CT molecular complexity index is 642. The summed E-state index contributed by atoms with van der Waals surface area (Å²) in [5, 5.41) is 2.59. The zero-order chi connectivity index (χ0) is 17.2. The van der Waals surface area contributed by atoms with Crippen LogP contribution in [0.5, 0.6) is 5.75 Å². The minimum Gasteiger partial charge on any atom is -0.543 e. The first kappa shape index (κ1) is 18.4. The van der Waals surface area contributed by atoms with Crippen LogP contribution in [0.3, 0.4) is 0 Å². The number of rotatable bonds is 6. The molecule has 0 aliphatic carbocycles. The van der Waals surface area contributed by atoms with Gasteiger partial charge in [-0.15, -0.1) is 11.8 Å². The van der Waals surface area contributed by atoms with Gasteiger partial charge in [0, 0.05) is 4.90 Å². The van der Waals surface area contributed by atoms with E-state index in [0.29, 0.717) is 16.6 Å². The van der Waals surface area contributed by atoms with Crippen LogP contribution in [0.4, 0.5) is 0 Å². The third-order valence-electron chi connectivity index (χ3n) is 5.03. The van der Waals surface area contributed by atoms with E-state index in [1.165, 1.54) is 15.7 Å². The molecule has 0 saturated carbocycles. The zero-order valence-corrected chi connectivity index (χ0v) is 17.3. The summed E-state index contributed by atoms with van der Waals surface area (Å²) < 4.78 is 6.80. The fourth-order valence-electron chi connectivity index (χ4n) is 4.03. The van der Waals surface area contributed by atoms with Crippen LogP contribution in [0, 0.1) is 0 Å². The first-order chi connectivity index (χ1) is 10.8. The van der Waals surface area contributed by atoms with Gasteiger partial charge < -0.3 is 4.43 Å². The van der Waals surface area contributed by atoms with Crippen LogP contribution in [-0.4, -0.2) is 14.6 Å². The van der Waals surface area contributed by atoms with Crippen molar-refractivity contribution < 1.29 is 4.43 Å². The Morgan fingerprint density at radius 1 is 0.870 bits per heavy atom. The SMILES string of the molecule is CSc1cccc2cc(O[Si](C(C)C)(C(C)C)C(C)C)ccc12. The molecule has 0 radical (unpaired) electrons. The molecule has 2 aromatic carbocycles. The Labute approximate surface area is 147 Å². The quantitative estimate of drug-likeness (QED) is 0.407. The van der Waals surface area contributed by atoms with Gasteiger partial charge in [0.2, 0.25) is 0 Å². The van der Waals surface area contributed by atoms with E-state index in [4.69, 9.17) is 4.43 Å². The summed E-state index contributed by atoms with van der Waals surface area (Å²) in [4.78, 5) is 1.33. The molecule has 1 nitrogen and oxygen atoms in total. The molecule has 0 N–H and O–H groups in total. The first-order valence-corrected chi connectivity index (χ1v) is 11.9. The predicted molar refractivity (Wildman–Crippen MR) is 107 cm³/mol. The minimum absolute atomic E-state index is 0.593. The second kappa shape index (κ2) is 7.31. The highest BCUT2D eigenvalue weighted by molar-refractivity contribution is 7.98. The fourth-order valence-corrected chi connectivity index (χ4v) is 9.89. The molecular weight excluding hydrogens is 316 g/mol. The van der Waals surface area contributed by atoms with Gasteiger partial charge in [0.25, 0.3) is 8.32 Å². The van der Waals surface area contributed by atoms with E-state index < -0.39 is 8.32 Å². The molecule has 0 unspecified atom stereocenters. The normalized spacial score (nSPS) is 12.6. The molecular formula is C20H30OSSi. The molecule has 126 valence electrons. The topological polar surface area (TPSA) is 9.23 Å². The maximum absolute atomic E-state index is 6.80. The molecule has 0 aromatic heterocycles. The van der Waals surface area contributed by atoms with Crippen molar-refractivity contribution in [2.45, 2.75) is 63.1 Å². The highest BCUT2D eigenvalue weighted by Gasteiger charge is 2.46. The fraction of sp³-hybridized carbons (Fsp3) is 0.500. The maximum Gasteiger partial charge on any atom is 0.258 e. The number of thioether (sulfide) groups is 1. The molecule has 0 saturated heterocycles. The number of benzene rings is 2. The van der Waals surface area contributed by atoms with E-state index in [2.05, 4.69) is 84.2 Å². The van der Waals surface area contributed by atoms with Crippen molar-refractivity contribution in [3.05, 3.63) is 36.4 Å². The molecule has 0 amide bonds. The first-order valence-electron chi connectivity index (χ1n) is 8.58. The van der Waals surface area contributed by atoms with Crippen molar-refractivity contribution in [1.29, 1.82) is 0 Å². The lowest BCUT2D eigenvalue weighted by Gasteiger charge is -2.42. The van der Waals surface area contributed by atoms with Crippen LogP contribution >= 0.6 is 11.8 Å². The maximum atomic E-state index is 6.80. The van der Waals surface area contributed by atoms with E-state index >= 15 is 0 Å². The summed E-state index contributed by atoms with van der Waals surface area (Å²) in [6.45, 7) is 14.0. The summed E-state index contributed by atoms with van der Waals surface area (Å²) in [6.07, 6.45) is 2.13. The van der Waals surface area contributed by atoms with Crippen LogP contribution in [0.1, 0.15) is 41.5 Å². The molecule has 0 aliphatic heterocycles. The van der Waals surface area contributed by atoms with Crippen LogP contribution in [0.25, 0.3) is 10.8 Å². The Kier molecular flexibility index (Phi) is 5.85. The van der Waals surface area contributed by atoms with E-state index in [-0.39, 0.29) is 0 Å². The van der Waals surface area contributed by atoms with Crippen LogP contribution in [0.15, 0.2) is 41.3 Å². The summed E-state index contributed by atoms with van der Waals surface area (Å²) >= 11 is 1.80. The van der Waals surface area contributed by atoms with Gasteiger partial charge in [0.05, 0.1) is 0 Å². The van der Waals surface area contributed by atoms with Gasteiger partial charge in [-0.25, -0.2) is 0 Å². The largest absolute Gasteiger partial charge is 0.543 e. The molecule has 3 heteroatoms. The van der Waals surface area contributed by atoms with Crippen LogP contribution in [-0.2, 0) is 0 Å². The Morgan fingerprint density at radius 3 is 2.00 bits per heavy atom. The van der Waals surface area contributed by atoms with Gasteiger partial charge in [0.1, 0.15) is 5.75 Å². The third-order valence-corrected chi connectivity index (χ3v) is 11.8.